The molecule has 0 bridgehead atoms. The first-order chi connectivity index (χ1) is 9.54. The summed E-state index contributed by atoms with van der Waals surface area (Å²) in [5.74, 6) is -0.497. The van der Waals surface area contributed by atoms with Gasteiger partial charge in [0, 0.05) is 18.8 Å². The summed E-state index contributed by atoms with van der Waals surface area (Å²) in [6.07, 6.45) is 0. The van der Waals surface area contributed by atoms with Gasteiger partial charge in [-0.2, -0.15) is 0 Å². The number of rotatable bonds is 1. The molecule has 20 heavy (non-hydrogen) atoms. The molecular weight excluding hydrogens is 256 g/mol. The molecule has 5 heteroatoms. The van der Waals surface area contributed by atoms with Gasteiger partial charge in [-0.25, -0.2) is 0 Å². The second-order valence-electron chi connectivity index (χ2n) is 4.89. The number of amides is 1. The maximum absolute atomic E-state index is 12.4. The Morgan fingerprint density at radius 3 is 2.60 bits per heavy atom. The van der Waals surface area contributed by atoms with Crippen molar-refractivity contribution in [3.63, 3.8) is 0 Å². The second-order valence-corrected chi connectivity index (χ2v) is 4.89. The van der Waals surface area contributed by atoms with Crippen LogP contribution in [0.25, 0.3) is 0 Å². The number of nitrogens with two attached hydrogens (primary N) is 1. The van der Waals surface area contributed by atoms with E-state index in [1.165, 1.54) is 18.2 Å². The van der Waals surface area contributed by atoms with E-state index in [1.807, 2.05) is 12.1 Å². The van der Waals surface area contributed by atoms with Gasteiger partial charge < -0.3 is 20.8 Å². The third-order valence-electron chi connectivity index (χ3n) is 3.45. The van der Waals surface area contributed by atoms with Crippen molar-refractivity contribution in [2.24, 2.45) is 0 Å². The highest BCUT2D eigenvalue weighted by atomic mass is 16.3. The largest absolute Gasteiger partial charge is 0.508 e. The Bertz CT molecular complexity index is 698. The van der Waals surface area contributed by atoms with E-state index in [-0.39, 0.29) is 23.0 Å². The fraction of sp³-hybridized carbons (Fsp3) is 0.133. The summed E-state index contributed by atoms with van der Waals surface area (Å²) in [7, 11) is 0. The van der Waals surface area contributed by atoms with Crippen LogP contribution in [0.5, 0.6) is 11.5 Å². The van der Waals surface area contributed by atoms with Crippen molar-refractivity contribution in [1.29, 1.82) is 0 Å². The van der Waals surface area contributed by atoms with Crippen molar-refractivity contribution in [2.45, 2.75) is 13.1 Å². The van der Waals surface area contributed by atoms with Gasteiger partial charge >= 0.3 is 0 Å². The molecule has 0 saturated carbocycles. The fourth-order valence-electron chi connectivity index (χ4n) is 2.42. The number of carbonyl (C=O) groups is 1. The van der Waals surface area contributed by atoms with Crippen LogP contribution in [-0.2, 0) is 13.1 Å². The highest BCUT2D eigenvalue weighted by Gasteiger charge is 2.26. The predicted octanol–water partition coefficient (Wildman–Crippen LogP) is 1.84. The summed E-state index contributed by atoms with van der Waals surface area (Å²) < 4.78 is 0. The van der Waals surface area contributed by atoms with Crippen molar-refractivity contribution in [2.75, 3.05) is 5.73 Å². The van der Waals surface area contributed by atoms with E-state index in [2.05, 4.69) is 0 Å². The van der Waals surface area contributed by atoms with Crippen LogP contribution < -0.4 is 5.73 Å². The Balaban J connectivity index is 1.89. The summed E-state index contributed by atoms with van der Waals surface area (Å²) in [6.45, 7) is 0.928. The lowest BCUT2D eigenvalue weighted by molar-refractivity contribution is 0.0748. The maximum Gasteiger partial charge on any atom is 0.258 e. The van der Waals surface area contributed by atoms with E-state index >= 15 is 0 Å². The molecule has 0 aliphatic carbocycles. The van der Waals surface area contributed by atoms with Gasteiger partial charge in [-0.05, 0) is 41.5 Å². The maximum atomic E-state index is 12.4. The molecule has 1 amide bonds. The predicted molar refractivity (Wildman–Crippen MR) is 74.2 cm³/mol. The second kappa shape index (κ2) is 4.45. The van der Waals surface area contributed by atoms with Crippen molar-refractivity contribution < 1.29 is 15.0 Å². The Kier molecular flexibility index (Phi) is 2.75. The highest BCUT2D eigenvalue weighted by molar-refractivity contribution is 5.97. The molecule has 0 radical (unpaired) electrons. The fourth-order valence-corrected chi connectivity index (χ4v) is 2.42. The minimum absolute atomic E-state index is 0.0490. The molecule has 5 nitrogen and oxygen atoms in total. The van der Waals surface area contributed by atoms with Crippen LogP contribution in [0.1, 0.15) is 21.5 Å². The van der Waals surface area contributed by atoms with Crippen LogP contribution in [0.15, 0.2) is 36.4 Å². The Labute approximate surface area is 115 Å². The average Bonchev–Trinajstić information content (AvgIpc) is 2.83. The molecule has 0 spiro atoms. The summed E-state index contributed by atoms with van der Waals surface area (Å²) in [5, 5.41) is 19.2. The number of anilines is 1. The number of benzene rings is 2. The molecule has 1 aliphatic rings. The van der Waals surface area contributed by atoms with Crippen LogP contribution in [0, 0.1) is 0 Å². The molecule has 0 fully saturated rings. The lowest BCUT2D eigenvalue weighted by Crippen LogP contribution is -2.25. The normalized spacial score (nSPS) is 13.3. The number of hydrogen-bond acceptors (Lipinski definition) is 4. The molecule has 2 aromatic carbocycles. The number of phenolic OH excluding ortho intramolecular Hbond substituents is 2. The number of fused-ring (bicyclic) bond motifs is 1. The topological polar surface area (TPSA) is 86.8 Å². The third kappa shape index (κ3) is 2.03. The molecule has 1 aliphatic heterocycles. The molecule has 102 valence electrons. The average molecular weight is 270 g/mol. The first kappa shape index (κ1) is 12.3. The highest BCUT2D eigenvalue weighted by Crippen LogP contribution is 2.29. The van der Waals surface area contributed by atoms with Crippen molar-refractivity contribution in [1.82, 2.24) is 4.90 Å². The Morgan fingerprint density at radius 2 is 1.80 bits per heavy atom. The van der Waals surface area contributed by atoms with Crippen molar-refractivity contribution in [3.8, 4) is 11.5 Å². The molecule has 1 heterocycles. The molecule has 3 rings (SSSR count). The summed E-state index contributed by atoms with van der Waals surface area (Å²) >= 11 is 0. The smallest absolute Gasteiger partial charge is 0.258 e. The van der Waals surface area contributed by atoms with Gasteiger partial charge in [-0.1, -0.05) is 6.07 Å². The number of carbonyl (C=O) groups excluding carboxylic acids is 1. The van der Waals surface area contributed by atoms with E-state index in [4.69, 9.17) is 5.73 Å². The molecular formula is C15H14N2O3. The molecule has 0 saturated heterocycles. The number of nitrogen functional groups attached to an aromatic ring is 1. The lowest BCUT2D eigenvalue weighted by Gasteiger charge is -2.16. The van der Waals surface area contributed by atoms with E-state index in [0.717, 1.165) is 11.1 Å². The zero-order valence-corrected chi connectivity index (χ0v) is 10.7. The van der Waals surface area contributed by atoms with Crippen LogP contribution >= 0.6 is 0 Å². The van der Waals surface area contributed by atoms with Crippen LogP contribution in [0.2, 0.25) is 0 Å². The number of nitrogens with zero attached hydrogens (tertiary/aromatic N) is 1. The van der Waals surface area contributed by atoms with Gasteiger partial charge in [0.1, 0.15) is 11.5 Å². The van der Waals surface area contributed by atoms with Crippen LogP contribution in [0.3, 0.4) is 0 Å². The molecule has 0 aromatic heterocycles. The van der Waals surface area contributed by atoms with Crippen molar-refractivity contribution in [3.05, 3.63) is 53.1 Å². The Hall–Kier alpha value is -2.69. The zero-order chi connectivity index (χ0) is 14.3. The SMILES string of the molecule is Nc1ccc2c(c1)CN(C(=O)c1cc(O)ccc1O)C2. The summed E-state index contributed by atoms with van der Waals surface area (Å²) in [6, 6.07) is 9.48. The molecule has 4 N–H and O–H groups in total. The zero-order valence-electron chi connectivity index (χ0n) is 10.7. The van der Waals surface area contributed by atoms with Gasteiger partial charge in [0.25, 0.3) is 5.91 Å². The van der Waals surface area contributed by atoms with E-state index in [0.29, 0.717) is 18.8 Å². The summed E-state index contributed by atoms with van der Waals surface area (Å²) in [4.78, 5) is 14.0. The molecule has 0 unspecified atom stereocenters. The van der Waals surface area contributed by atoms with Gasteiger partial charge in [-0.15, -0.1) is 0 Å². The molecule has 0 atom stereocenters. The minimum atomic E-state index is -0.312. The monoisotopic (exact) mass is 270 g/mol. The van der Waals surface area contributed by atoms with Gasteiger partial charge in [0.05, 0.1) is 5.56 Å². The van der Waals surface area contributed by atoms with Gasteiger partial charge in [-0.3, -0.25) is 4.79 Å². The van der Waals surface area contributed by atoms with Gasteiger partial charge in [0.15, 0.2) is 0 Å². The van der Waals surface area contributed by atoms with E-state index < -0.39 is 0 Å². The Morgan fingerprint density at radius 1 is 1.05 bits per heavy atom. The van der Waals surface area contributed by atoms with E-state index in [1.54, 1.807) is 11.0 Å². The van der Waals surface area contributed by atoms with Crippen molar-refractivity contribution >= 4 is 11.6 Å². The first-order valence-electron chi connectivity index (χ1n) is 6.23. The minimum Gasteiger partial charge on any atom is -0.508 e. The number of hydrogen-bond donors (Lipinski definition) is 3. The standard InChI is InChI=1S/C15H14N2O3/c16-11-2-1-9-7-17(8-10(9)5-11)15(20)13-6-12(18)3-4-14(13)19/h1-6,18-19H,7-8,16H2. The number of phenols is 2. The van der Waals surface area contributed by atoms with Gasteiger partial charge in [0.2, 0.25) is 0 Å². The summed E-state index contributed by atoms with van der Waals surface area (Å²) in [5.41, 5.74) is 8.56. The van der Waals surface area contributed by atoms with E-state index in [9.17, 15) is 15.0 Å². The molecule has 2 aromatic rings. The lowest BCUT2D eigenvalue weighted by atomic mass is 10.1. The van der Waals surface area contributed by atoms with Crippen LogP contribution in [-0.4, -0.2) is 21.0 Å². The quantitative estimate of drug-likeness (QED) is 0.545. The van der Waals surface area contributed by atoms with Crippen LogP contribution in [0.4, 0.5) is 5.69 Å². The third-order valence-corrected chi connectivity index (χ3v) is 3.45. The first-order valence-corrected chi connectivity index (χ1v) is 6.23. The number of aromatic hydroxyl groups is 2.